The van der Waals surface area contributed by atoms with E-state index in [1.165, 1.54) is 0 Å². The average Bonchev–Trinajstić information content (AvgIpc) is 2.43. The number of aliphatic carboxylic acids is 4. The number of nitrogens with zero attached hydrogens (tertiary/aromatic N) is 5. The third-order valence-corrected chi connectivity index (χ3v) is 2.60. The molecule has 1 heterocycles. The third-order valence-electron chi connectivity index (χ3n) is 2.43. The Hall–Kier alpha value is 0.780. The van der Waals surface area contributed by atoms with Crippen molar-refractivity contribution in [1.82, 2.24) is 15.0 Å². The van der Waals surface area contributed by atoms with E-state index >= 15 is 0 Å². The van der Waals surface area contributed by atoms with Gasteiger partial charge in [-0.05, 0) is 11.6 Å². The normalized spacial score (nSPS) is 8.72. The molecular weight excluding hydrogens is 458 g/mol. The van der Waals surface area contributed by atoms with E-state index in [1.807, 2.05) is 0 Å². The number of carbonyl (C=O) groups is 4. The first-order chi connectivity index (χ1) is 11.6. The van der Waals surface area contributed by atoms with Crippen LogP contribution in [0.4, 0.5) is 11.9 Å². The summed E-state index contributed by atoms with van der Waals surface area (Å²) in [6.45, 7) is -3.85. The number of halogens is 1. The van der Waals surface area contributed by atoms with Crippen LogP contribution in [0.25, 0.3) is 0 Å². The van der Waals surface area contributed by atoms with Crippen molar-refractivity contribution >= 4 is 47.4 Å². The minimum Gasteiger partial charge on any atom is -0.548 e. The SMILES string of the molecule is O=C([O-])CN(CC(=O)[O-])c1nc(Cl)nc(N(CC(=O)[O-])CC(=O)[O-])n1.[Na+].[Na+].[Na+].[Na+]. The number of anilines is 2. The Morgan fingerprint density at radius 1 is 0.621 bits per heavy atom. The van der Waals surface area contributed by atoms with Gasteiger partial charge in [0.05, 0.1) is 50.1 Å². The number of rotatable bonds is 10. The molecular formula is C11H8ClN5Na4O8. The number of aromatic nitrogens is 3. The van der Waals surface area contributed by atoms with Gasteiger partial charge in [0.15, 0.2) is 0 Å². The molecule has 136 valence electrons. The molecule has 0 aliphatic heterocycles. The fraction of sp³-hybridized carbons (Fsp3) is 0.364. The third kappa shape index (κ3) is 15.3. The van der Waals surface area contributed by atoms with Gasteiger partial charge in [-0.2, -0.15) is 15.0 Å². The Kier molecular flexibility index (Phi) is 23.5. The molecule has 18 heteroatoms. The predicted molar refractivity (Wildman–Crippen MR) is 69.3 cm³/mol. The van der Waals surface area contributed by atoms with Crippen LogP contribution >= 0.6 is 11.6 Å². The summed E-state index contributed by atoms with van der Waals surface area (Å²) in [5.41, 5.74) is 0. The molecule has 0 aliphatic rings. The molecule has 0 atom stereocenters. The van der Waals surface area contributed by atoms with E-state index in [4.69, 9.17) is 11.6 Å². The Labute approximate surface area is 257 Å². The van der Waals surface area contributed by atoms with Crippen LogP contribution in [-0.4, -0.2) is 65.0 Å². The predicted octanol–water partition coefficient (Wildman–Crippen LogP) is -18.8. The van der Waals surface area contributed by atoms with Crippen LogP contribution in [0.2, 0.25) is 5.28 Å². The minimum atomic E-state index is -1.68. The summed E-state index contributed by atoms with van der Waals surface area (Å²) in [5, 5.41) is 42.2. The van der Waals surface area contributed by atoms with Gasteiger partial charge >= 0.3 is 118 Å². The van der Waals surface area contributed by atoms with Crippen molar-refractivity contribution < 1.29 is 158 Å². The van der Waals surface area contributed by atoms with Gasteiger partial charge in [-0.1, -0.05) is 0 Å². The summed E-state index contributed by atoms with van der Waals surface area (Å²) >= 11 is 5.62. The van der Waals surface area contributed by atoms with Crippen molar-refractivity contribution in [3.05, 3.63) is 5.28 Å². The molecule has 0 saturated carbocycles. The molecule has 1 aromatic heterocycles. The van der Waals surface area contributed by atoms with Gasteiger partial charge in [-0.15, -0.1) is 0 Å². The summed E-state index contributed by atoms with van der Waals surface area (Å²) in [6, 6.07) is 0. The van der Waals surface area contributed by atoms with E-state index < -0.39 is 67.2 Å². The van der Waals surface area contributed by atoms with E-state index in [0.29, 0.717) is 9.80 Å². The molecule has 0 unspecified atom stereocenters. The molecule has 0 aliphatic carbocycles. The van der Waals surface area contributed by atoms with E-state index in [2.05, 4.69) is 15.0 Å². The van der Waals surface area contributed by atoms with E-state index in [9.17, 15) is 39.6 Å². The zero-order valence-electron chi connectivity index (χ0n) is 16.2. The van der Waals surface area contributed by atoms with E-state index in [0.717, 1.165) is 0 Å². The van der Waals surface area contributed by atoms with Crippen LogP contribution in [0.5, 0.6) is 0 Å². The fourth-order valence-electron chi connectivity index (χ4n) is 1.63. The van der Waals surface area contributed by atoms with Crippen molar-refractivity contribution in [1.29, 1.82) is 0 Å². The number of hydrogen-bond acceptors (Lipinski definition) is 13. The van der Waals surface area contributed by atoms with Crippen molar-refractivity contribution in [2.24, 2.45) is 0 Å². The van der Waals surface area contributed by atoms with Gasteiger partial charge in [0.25, 0.3) is 0 Å². The fourth-order valence-corrected chi connectivity index (χ4v) is 1.78. The Morgan fingerprint density at radius 2 is 0.862 bits per heavy atom. The largest absolute Gasteiger partial charge is 1.00 e. The van der Waals surface area contributed by atoms with Gasteiger partial charge in [-0.3, -0.25) is 0 Å². The first kappa shape index (κ1) is 37.1. The minimum absolute atomic E-state index is 0. The van der Waals surface area contributed by atoms with Gasteiger partial charge in [0.2, 0.25) is 17.2 Å². The summed E-state index contributed by atoms with van der Waals surface area (Å²) in [6.07, 6.45) is 0. The zero-order valence-corrected chi connectivity index (χ0v) is 25.0. The summed E-state index contributed by atoms with van der Waals surface area (Å²) in [4.78, 5) is 54.6. The molecule has 0 N–H and O–H groups in total. The van der Waals surface area contributed by atoms with Crippen LogP contribution in [0.3, 0.4) is 0 Å². The zero-order chi connectivity index (χ0) is 19.1. The Balaban J connectivity index is -0.000000781. The molecule has 1 aromatic rings. The van der Waals surface area contributed by atoms with Crippen molar-refractivity contribution in [2.45, 2.75) is 0 Å². The van der Waals surface area contributed by atoms with Crippen LogP contribution in [0.1, 0.15) is 0 Å². The smallest absolute Gasteiger partial charge is 0.548 e. The van der Waals surface area contributed by atoms with Crippen molar-refractivity contribution in [3.63, 3.8) is 0 Å². The molecule has 0 bridgehead atoms. The summed E-state index contributed by atoms with van der Waals surface area (Å²) in [7, 11) is 0. The molecule has 0 fully saturated rings. The molecule has 13 nitrogen and oxygen atoms in total. The van der Waals surface area contributed by atoms with E-state index in [1.54, 1.807) is 0 Å². The molecule has 0 saturated heterocycles. The maximum absolute atomic E-state index is 10.7. The summed E-state index contributed by atoms with van der Waals surface area (Å²) in [5.74, 6) is -7.88. The molecule has 0 aromatic carbocycles. The van der Waals surface area contributed by atoms with Gasteiger partial charge < -0.3 is 49.4 Å². The van der Waals surface area contributed by atoms with Gasteiger partial charge in [0.1, 0.15) is 0 Å². The maximum atomic E-state index is 10.7. The van der Waals surface area contributed by atoms with Crippen LogP contribution in [-0.2, 0) is 19.2 Å². The molecule has 0 radical (unpaired) electrons. The quantitative estimate of drug-likeness (QED) is 0.294. The molecule has 0 amide bonds. The maximum Gasteiger partial charge on any atom is 1.00 e. The first-order valence-electron chi connectivity index (χ1n) is 6.29. The van der Waals surface area contributed by atoms with Crippen LogP contribution in [0.15, 0.2) is 0 Å². The van der Waals surface area contributed by atoms with Crippen molar-refractivity contribution in [2.75, 3.05) is 36.0 Å². The Morgan fingerprint density at radius 3 is 1.07 bits per heavy atom. The van der Waals surface area contributed by atoms with Crippen LogP contribution < -0.4 is 148 Å². The average molecular weight is 466 g/mol. The second-order valence-corrected chi connectivity index (χ2v) is 4.74. The molecule has 0 spiro atoms. The van der Waals surface area contributed by atoms with Gasteiger partial charge in [0, 0.05) is 0 Å². The molecule has 29 heavy (non-hydrogen) atoms. The second kappa shape index (κ2) is 18.4. The topological polar surface area (TPSA) is 206 Å². The van der Waals surface area contributed by atoms with Crippen molar-refractivity contribution in [3.8, 4) is 0 Å². The second-order valence-electron chi connectivity index (χ2n) is 4.40. The number of carboxylic acids is 4. The number of hydrogen-bond donors (Lipinski definition) is 0. The molecule has 1 rings (SSSR count). The monoisotopic (exact) mass is 465 g/mol. The summed E-state index contributed by atoms with van der Waals surface area (Å²) < 4.78 is 0. The number of carboxylic acid groups (broad SMARTS) is 4. The van der Waals surface area contributed by atoms with E-state index in [-0.39, 0.29) is 118 Å². The van der Waals surface area contributed by atoms with Gasteiger partial charge in [-0.25, -0.2) is 0 Å². The Bertz CT molecular complexity index is 630. The standard InChI is InChI=1S/C11H12ClN5O8.4Na/c12-9-13-10(16(1-5(18)19)2-6(20)21)15-11(14-9)17(3-7(22)23)4-8(24)25;;;;/h1-4H2,(H,18,19)(H,20,21)(H,22,23)(H,24,25);;;;/q;4*+1/p-4. The number of carbonyl (C=O) groups excluding carboxylic acids is 4. The first-order valence-corrected chi connectivity index (χ1v) is 6.67. The van der Waals surface area contributed by atoms with Crippen LogP contribution in [0, 0.1) is 0 Å².